The molecule has 0 N–H and O–H groups in total. The van der Waals surface area contributed by atoms with E-state index in [2.05, 4.69) is 6.07 Å². The molecule has 0 radical (unpaired) electrons. The zero-order valence-corrected chi connectivity index (χ0v) is 16.3. The Hall–Kier alpha value is -2.88. The quantitative estimate of drug-likeness (QED) is 0.780. The highest BCUT2D eigenvalue weighted by Crippen LogP contribution is 2.26. The van der Waals surface area contributed by atoms with E-state index in [-0.39, 0.29) is 24.7 Å². The summed E-state index contributed by atoms with van der Waals surface area (Å²) >= 11 is 0. The lowest BCUT2D eigenvalue weighted by atomic mass is 9.96. The Morgan fingerprint density at radius 3 is 2.83 bits per heavy atom. The highest BCUT2D eigenvalue weighted by Gasteiger charge is 2.33. The second kappa shape index (κ2) is 9.08. The lowest BCUT2D eigenvalue weighted by Crippen LogP contribution is -2.43. The van der Waals surface area contributed by atoms with Gasteiger partial charge < -0.3 is 19.1 Å². The molecular weight excluding hydrogens is 368 g/mol. The Bertz CT molecular complexity index is 902. The van der Waals surface area contributed by atoms with Gasteiger partial charge in [0.25, 0.3) is 5.91 Å². The Balaban J connectivity index is 1.41. The molecule has 1 amide bonds. The molecule has 2 saturated heterocycles. The smallest absolute Gasteiger partial charge is 0.254 e. The van der Waals surface area contributed by atoms with Crippen molar-refractivity contribution in [1.82, 2.24) is 4.90 Å². The molecule has 2 heterocycles. The first-order valence-electron chi connectivity index (χ1n) is 9.98. The van der Waals surface area contributed by atoms with Crippen LogP contribution in [0.2, 0.25) is 0 Å². The predicted octanol–water partition coefficient (Wildman–Crippen LogP) is 3.36. The van der Waals surface area contributed by atoms with E-state index >= 15 is 0 Å². The van der Waals surface area contributed by atoms with Gasteiger partial charge in [0.1, 0.15) is 12.4 Å². The van der Waals surface area contributed by atoms with E-state index in [1.807, 2.05) is 41.3 Å². The fourth-order valence-corrected chi connectivity index (χ4v) is 3.88. The summed E-state index contributed by atoms with van der Waals surface area (Å²) < 4.78 is 17.1. The molecule has 150 valence electrons. The van der Waals surface area contributed by atoms with E-state index in [0.29, 0.717) is 36.6 Å². The van der Waals surface area contributed by atoms with Gasteiger partial charge in [-0.2, -0.15) is 5.26 Å². The standard InChI is InChI=1S/C23H24N2O4/c24-14-18-5-1-2-6-20(18)16-29-21-9-3-7-17(13-21)22(26)25-10-4-8-19(15-25)23-27-11-12-28-23/h1-3,5-7,9,13,19,23H,4,8,10-12,15-16H2. The fraction of sp³-hybridized carbons (Fsp3) is 0.391. The van der Waals surface area contributed by atoms with Gasteiger partial charge >= 0.3 is 0 Å². The van der Waals surface area contributed by atoms with E-state index < -0.39 is 0 Å². The molecule has 2 fully saturated rings. The normalized spacial score (nSPS) is 19.7. The summed E-state index contributed by atoms with van der Waals surface area (Å²) in [6.45, 7) is 2.92. The minimum Gasteiger partial charge on any atom is -0.489 e. The van der Waals surface area contributed by atoms with Crippen LogP contribution in [-0.4, -0.2) is 43.4 Å². The maximum absolute atomic E-state index is 13.0. The lowest BCUT2D eigenvalue weighted by molar-refractivity contribution is -0.0969. The molecule has 1 unspecified atom stereocenters. The van der Waals surface area contributed by atoms with Crippen LogP contribution in [0.5, 0.6) is 5.75 Å². The largest absolute Gasteiger partial charge is 0.489 e. The van der Waals surface area contributed by atoms with Crippen LogP contribution < -0.4 is 4.74 Å². The Labute approximate surface area is 170 Å². The van der Waals surface area contributed by atoms with Crippen molar-refractivity contribution >= 4 is 5.91 Å². The molecular formula is C23H24N2O4. The molecule has 2 aliphatic heterocycles. The van der Waals surface area contributed by atoms with Gasteiger partial charge in [-0.1, -0.05) is 24.3 Å². The van der Waals surface area contributed by atoms with Gasteiger partial charge in [0.05, 0.1) is 24.8 Å². The summed E-state index contributed by atoms with van der Waals surface area (Å²) in [4.78, 5) is 14.9. The lowest BCUT2D eigenvalue weighted by Gasteiger charge is -2.34. The van der Waals surface area contributed by atoms with Gasteiger partial charge in [0, 0.05) is 30.1 Å². The number of nitriles is 1. The first-order valence-corrected chi connectivity index (χ1v) is 9.98. The van der Waals surface area contributed by atoms with Gasteiger partial charge in [0.2, 0.25) is 0 Å². The topological polar surface area (TPSA) is 71.8 Å². The Morgan fingerprint density at radius 2 is 2.00 bits per heavy atom. The second-order valence-electron chi connectivity index (χ2n) is 7.35. The molecule has 2 aromatic carbocycles. The van der Waals surface area contributed by atoms with Crippen molar-refractivity contribution in [2.75, 3.05) is 26.3 Å². The second-order valence-corrected chi connectivity index (χ2v) is 7.35. The molecule has 6 heteroatoms. The number of carbonyl (C=O) groups is 1. The van der Waals surface area contributed by atoms with Gasteiger partial charge in [-0.05, 0) is 37.1 Å². The number of carbonyl (C=O) groups excluding carboxylic acids is 1. The molecule has 29 heavy (non-hydrogen) atoms. The molecule has 1 atom stereocenters. The summed E-state index contributed by atoms with van der Waals surface area (Å²) in [7, 11) is 0. The van der Waals surface area contributed by atoms with Crippen LogP contribution in [0.4, 0.5) is 0 Å². The zero-order valence-electron chi connectivity index (χ0n) is 16.3. The van der Waals surface area contributed by atoms with Gasteiger partial charge in [-0.15, -0.1) is 0 Å². The predicted molar refractivity (Wildman–Crippen MR) is 106 cm³/mol. The van der Waals surface area contributed by atoms with Crippen molar-refractivity contribution in [1.29, 1.82) is 5.26 Å². The number of rotatable bonds is 5. The first kappa shape index (κ1) is 19.4. The van der Waals surface area contributed by atoms with E-state index in [9.17, 15) is 10.1 Å². The van der Waals surface area contributed by atoms with Gasteiger partial charge in [-0.25, -0.2) is 0 Å². The third-order valence-corrected chi connectivity index (χ3v) is 5.39. The van der Waals surface area contributed by atoms with Crippen molar-refractivity contribution < 1.29 is 19.0 Å². The number of nitrogens with zero attached hydrogens (tertiary/aromatic N) is 2. The molecule has 0 aromatic heterocycles. The number of piperidine rings is 1. The van der Waals surface area contributed by atoms with Crippen molar-refractivity contribution in [2.24, 2.45) is 5.92 Å². The van der Waals surface area contributed by atoms with Crippen LogP contribution in [0.15, 0.2) is 48.5 Å². The Morgan fingerprint density at radius 1 is 1.17 bits per heavy atom. The Kier molecular flexibility index (Phi) is 6.09. The van der Waals surface area contributed by atoms with Crippen LogP contribution in [0, 0.1) is 17.2 Å². The molecule has 0 bridgehead atoms. The molecule has 4 rings (SSSR count). The third kappa shape index (κ3) is 4.58. The van der Waals surface area contributed by atoms with Crippen molar-refractivity contribution in [3.63, 3.8) is 0 Å². The van der Waals surface area contributed by atoms with Crippen molar-refractivity contribution in [3.8, 4) is 11.8 Å². The number of hydrogen-bond donors (Lipinski definition) is 0. The summed E-state index contributed by atoms with van der Waals surface area (Å²) in [5.41, 5.74) is 2.02. The van der Waals surface area contributed by atoms with E-state index in [1.165, 1.54) is 0 Å². The number of likely N-dealkylation sites (tertiary alicyclic amines) is 1. The fourth-order valence-electron chi connectivity index (χ4n) is 3.88. The average Bonchev–Trinajstić information content (AvgIpc) is 3.33. The van der Waals surface area contributed by atoms with Crippen LogP contribution in [0.25, 0.3) is 0 Å². The minimum atomic E-state index is -0.194. The van der Waals surface area contributed by atoms with Crippen molar-refractivity contribution in [2.45, 2.75) is 25.7 Å². The summed E-state index contributed by atoms with van der Waals surface area (Å²) in [5.74, 6) is 0.826. The van der Waals surface area contributed by atoms with Crippen LogP contribution in [0.1, 0.15) is 34.3 Å². The number of amides is 1. The summed E-state index contributed by atoms with van der Waals surface area (Å²) in [6, 6.07) is 16.7. The van der Waals surface area contributed by atoms with Crippen molar-refractivity contribution in [3.05, 3.63) is 65.2 Å². The SMILES string of the molecule is N#Cc1ccccc1COc1cccc(C(=O)N2CCCC(C3OCCO3)C2)c1. The molecule has 0 aliphatic carbocycles. The molecule has 2 aliphatic rings. The number of benzene rings is 2. The third-order valence-electron chi connectivity index (χ3n) is 5.39. The molecule has 0 saturated carbocycles. The van der Waals surface area contributed by atoms with Crippen LogP contribution in [-0.2, 0) is 16.1 Å². The van der Waals surface area contributed by atoms with Gasteiger partial charge in [0.15, 0.2) is 6.29 Å². The van der Waals surface area contributed by atoms with Crippen LogP contribution >= 0.6 is 0 Å². The maximum Gasteiger partial charge on any atom is 0.254 e. The summed E-state index contributed by atoms with van der Waals surface area (Å²) in [5, 5.41) is 9.20. The highest BCUT2D eigenvalue weighted by molar-refractivity contribution is 5.94. The zero-order chi connectivity index (χ0) is 20.1. The van der Waals surface area contributed by atoms with E-state index in [1.54, 1.807) is 12.1 Å². The van der Waals surface area contributed by atoms with E-state index in [4.69, 9.17) is 14.2 Å². The monoisotopic (exact) mass is 392 g/mol. The number of ether oxygens (including phenoxy) is 3. The number of hydrogen-bond acceptors (Lipinski definition) is 5. The maximum atomic E-state index is 13.0. The molecule has 2 aromatic rings. The summed E-state index contributed by atoms with van der Waals surface area (Å²) in [6.07, 6.45) is 1.76. The molecule has 0 spiro atoms. The van der Waals surface area contributed by atoms with E-state index in [0.717, 1.165) is 24.9 Å². The van der Waals surface area contributed by atoms with Crippen LogP contribution in [0.3, 0.4) is 0 Å². The average molecular weight is 392 g/mol. The van der Waals surface area contributed by atoms with Gasteiger partial charge in [-0.3, -0.25) is 4.79 Å². The highest BCUT2D eigenvalue weighted by atomic mass is 16.7. The molecule has 6 nitrogen and oxygen atoms in total. The minimum absolute atomic E-state index is 0.00410. The first-order chi connectivity index (χ1) is 14.2.